The molecule has 0 unspecified atom stereocenters. The van der Waals surface area contributed by atoms with Gasteiger partial charge in [0.1, 0.15) is 11.6 Å². The maximum Gasteiger partial charge on any atom is 0.321 e. The van der Waals surface area contributed by atoms with Gasteiger partial charge in [0.15, 0.2) is 5.13 Å². The first-order valence-electron chi connectivity index (χ1n) is 11.7. The number of primary amides is 1. The molecule has 0 spiro atoms. The lowest BCUT2D eigenvalue weighted by molar-refractivity contribution is 0.1000. The molecule has 3 aromatic rings. The Morgan fingerprint density at radius 1 is 1.22 bits per heavy atom. The van der Waals surface area contributed by atoms with E-state index >= 15 is 0 Å². The first-order chi connectivity index (χ1) is 17.3. The molecule has 11 heteroatoms. The van der Waals surface area contributed by atoms with Gasteiger partial charge in [0, 0.05) is 49.7 Å². The van der Waals surface area contributed by atoms with Crippen LogP contribution in [0.4, 0.5) is 15.7 Å². The molecule has 1 aromatic carbocycles. The molecule has 3 amide bonds. The van der Waals surface area contributed by atoms with Gasteiger partial charge in [-0.15, -0.1) is 11.3 Å². The summed E-state index contributed by atoms with van der Waals surface area (Å²) in [7, 11) is 1.64. The highest BCUT2D eigenvalue weighted by molar-refractivity contribution is 7.13. The molecule has 2 aromatic heterocycles. The van der Waals surface area contributed by atoms with Gasteiger partial charge in [-0.2, -0.15) is 0 Å². The number of aromatic nitrogens is 2. The number of anilines is 2. The monoisotopic (exact) mass is 509 g/mol. The minimum Gasteiger partial charge on any atom is -0.497 e. The van der Waals surface area contributed by atoms with Crippen molar-refractivity contribution >= 4 is 34.2 Å². The van der Waals surface area contributed by atoms with Crippen LogP contribution in [0, 0.1) is 0 Å². The number of piperazine rings is 1. The van der Waals surface area contributed by atoms with E-state index in [0.717, 1.165) is 43.2 Å². The van der Waals surface area contributed by atoms with Crippen molar-refractivity contribution in [2.75, 3.05) is 43.5 Å². The average Bonchev–Trinajstić information content (AvgIpc) is 3.37. The second-order valence-electron chi connectivity index (χ2n) is 9.02. The third-order valence-corrected chi connectivity index (χ3v) is 6.99. The maximum absolute atomic E-state index is 12.5. The van der Waals surface area contributed by atoms with E-state index in [0.29, 0.717) is 22.1 Å². The number of nitrogens with zero attached hydrogens (tertiary/aromatic N) is 3. The molecule has 0 atom stereocenters. The SMILES string of the molecule is COc1ccc(C(C)(C)c2csc(NC(=O)NCc3cnc(N4CCNCC4)c(C(N)=O)c3)n2)cc1. The minimum absolute atomic E-state index is 0.191. The molecule has 0 aliphatic carbocycles. The molecule has 1 fully saturated rings. The highest BCUT2D eigenvalue weighted by Gasteiger charge is 2.26. The first-order valence-corrected chi connectivity index (χ1v) is 12.6. The van der Waals surface area contributed by atoms with Gasteiger partial charge in [-0.1, -0.05) is 26.0 Å². The predicted octanol–water partition coefficient (Wildman–Crippen LogP) is 2.70. The van der Waals surface area contributed by atoms with Crippen LogP contribution < -0.4 is 31.3 Å². The average molecular weight is 510 g/mol. The highest BCUT2D eigenvalue weighted by atomic mass is 32.1. The highest BCUT2D eigenvalue weighted by Crippen LogP contribution is 2.34. The smallest absolute Gasteiger partial charge is 0.321 e. The van der Waals surface area contributed by atoms with Crippen molar-refractivity contribution in [1.82, 2.24) is 20.6 Å². The quantitative estimate of drug-likeness (QED) is 0.367. The molecule has 1 aliphatic heterocycles. The zero-order valence-corrected chi connectivity index (χ0v) is 21.4. The number of carbonyl (C=O) groups excluding carboxylic acids is 2. The number of nitrogens with two attached hydrogens (primary N) is 1. The number of ether oxygens (including phenoxy) is 1. The van der Waals surface area contributed by atoms with Gasteiger partial charge in [-0.05, 0) is 29.3 Å². The Morgan fingerprint density at radius 3 is 2.61 bits per heavy atom. The summed E-state index contributed by atoms with van der Waals surface area (Å²) in [5, 5.41) is 11.3. The topological polar surface area (TPSA) is 134 Å². The van der Waals surface area contributed by atoms with E-state index in [9.17, 15) is 9.59 Å². The van der Waals surface area contributed by atoms with Crippen LogP contribution in [0.3, 0.4) is 0 Å². The molecule has 4 rings (SSSR count). The number of amides is 3. The van der Waals surface area contributed by atoms with Crippen LogP contribution >= 0.6 is 11.3 Å². The molecule has 3 heterocycles. The lowest BCUT2D eigenvalue weighted by atomic mass is 9.82. The molecule has 0 saturated carbocycles. The van der Waals surface area contributed by atoms with Gasteiger partial charge in [0.2, 0.25) is 0 Å². The zero-order valence-electron chi connectivity index (χ0n) is 20.6. The van der Waals surface area contributed by atoms with E-state index in [2.05, 4.69) is 39.8 Å². The van der Waals surface area contributed by atoms with E-state index in [4.69, 9.17) is 10.5 Å². The summed E-state index contributed by atoms with van der Waals surface area (Å²) < 4.78 is 5.24. The Bertz CT molecular complexity index is 1220. The van der Waals surface area contributed by atoms with Gasteiger partial charge >= 0.3 is 6.03 Å². The van der Waals surface area contributed by atoms with Gasteiger partial charge in [0.25, 0.3) is 5.91 Å². The fraction of sp³-hybridized carbons (Fsp3) is 0.360. The van der Waals surface area contributed by atoms with Gasteiger partial charge < -0.3 is 26.0 Å². The van der Waals surface area contributed by atoms with E-state index in [1.165, 1.54) is 11.3 Å². The van der Waals surface area contributed by atoms with Crippen molar-refractivity contribution in [3.8, 4) is 5.75 Å². The van der Waals surface area contributed by atoms with E-state index < -0.39 is 11.9 Å². The van der Waals surface area contributed by atoms with Crippen molar-refractivity contribution < 1.29 is 14.3 Å². The predicted molar refractivity (Wildman–Crippen MR) is 141 cm³/mol. The molecule has 190 valence electrons. The van der Waals surface area contributed by atoms with Crippen LogP contribution in [0.2, 0.25) is 0 Å². The summed E-state index contributed by atoms with van der Waals surface area (Å²) >= 11 is 1.36. The lowest BCUT2D eigenvalue weighted by Gasteiger charge is -2.29. The standard InChI is InChI=1S/C25H31N7O3S/c1-25(2,17-4-6-18(35-3)7-5-17)20-15-36-24(30-20)31-23(34)29-14-16-12-19(21(26)33)22(28-13-16)32-10-8-27-9-11-32/h4-7,12-13,15,27H,8-11,14H2,1-3H3,(H2,26,33)(H2,29,30,31,34). The van der Waals surface area contributed by atoms with Gasteiger partial charge in [0.05, 0.1) is 18.4 Å². The number of hydrogen-bond acceptors (Lipinski definition) is 8. The fourth-order valence-electron chi connectivity index (χ4n) is 4.00. The molecule has 0 bridgehead atoms. The number of nitrogens with one attached hydrogen (secondary N) is 3. The number of hydrogen-bond donors (Lipinski definition) is 4. The van der Waals surface area contributed by atoms with E-state index in [1.54, 1.807) is 19.4 Å². The summed E-state index contributed by atoms with van der Waals surface area (Å²) in [6.45, 7) is 7.49. The van der Waals surface area contributed by atoms with Crippen molar-refractivity contribution in [2.24, 2.45) is 5.73 Å². The maximum atomic E-state index is 12.5. The number of methoxy groups -OCH3 is 1. The summed E-state index contributed by atoms with van der Waals surface area (Å²) in [4.78, 5) is 35.7. The second-order valence-corrected chi connectivity index (χ2v) is 9.87. The number of thiazole rings is 1. The molecule has 10 nitrogen and oxygen atoms in total. The molecule has 1 aliphatic rings. The lowest BCUT2D eigenvalue weighted by Crippen LogP contribution is -2.44. The summed E-state index contributed by atoms with van der Waals surface area (Å²) in [6.07, 6.45) is 1.66. The second kappa shape index (κ2) is 10.9. The normalized spacial score (nSPS) is 13.8. The zero-order chi connectivity index (χ0) is 25.7. The van der Waals surface area contributed by atoms with Crippen LogP contribution in [0.5, 0.6) is 5.75 Å². The van der Waals surface area contributed by atoms with Crippen LogP contribution in [-0.4, -0.2) is 55.2 Å². The van der Waals surface area contributed by atoms with Crippen molar-refractivity contribution in [3.05, 3.63) is 64.3 Å². The molecule has 0 radical (unpaired) electrons. The number of pyridine rings is 1. The number of carbonyl (C=O) groups is 2. The third-order valence-electron chi connectivity index (χ3n) is 6.24. The number of rotatable bonds is 8. The Morgan fingerprint density at radius 2 is 1.94 bits per heavy atom. The third kappa shape index (κ3) is 5.74. The molecular weight excluding hydrogens is 478 g/mol. The van der Waals surface area contributed by atoms with Crippen LogP contribution in [0.1, 0.15) is 41.0 Å². The van der Waals surface area contributed by atoms with Crippen molar-refractivity contribution in [1.29, 1.82) is 0 Å². The Hall–Kier alpha value is -3.70. The fourth-order valence-corrected chi connectivity index (χ4v) is 4.88. The number of urea groups is 1. The van der Waals surface area contributed by atoms with Crippen LogP contribution in [0.25, 0.3) is 0 Å². The van der Waals surface area contributed by atoms with E-state index in [-0.39, 0.29) is 12.0 Å². The largest absolute Gasteiger partial charge is 0.497 e. The Balaban J connectivity index is 1.37. The minimum atomic E-state index is -0.544. The van der Waals surface area contributed by atoms with E-state index in [1.807, 2.05) is 34.5 Å². The van der Waals surface area contributed by atoms with Crippen LogP contribution in [-0.2, 0) is 12.0 Å². The summed E-state index contributed by atoms with van der Waals surface area (Å²) in [5.41, 5.74) is 8.23. The Kier molecular flexibility index (Phi) is 7.70. The van der Waals surface area contributed by atoms with Gasteiger partial charge in [-0.3, -0.25) is 10.1 Å². The Labute approximate surface area is 214 Å². The van der Waals surface area contributed by atoms with Crippen molar-refractivity contribution in [2.45, 2.75) is 25.8 Å². The summed E-state index contributed by atoms with van der Waals surface area (Å²) in [6, 6.07) is 9.16. The van der Waals surface area contributed by atoms with Gasteiger partial charge in [-0.25, -0.2) is 14.8 Å². The number of benzene rings is 1. The first kappa shape index (κ1) is 25.4. The molecule has 1 saturated heterocycles. The van der Waals surface area contributed by atoms with Crippen molar-refractivity contribution in [3.63, 3.8) is 0 Å². The summed E-state index contributed by atoms with van der Waals surface area (Å²) in [5.74, 6) is 0.826. The molecule has 5 N–H and O–H groups in total. The van der Waals surface area contributed by atoms with Crippen LogP contribution in [0.15, 0.2) is 41.9 Å². The molecular formula is C25H31N7O3S. The molecule has 36 heavy (non-hydrogen) atoms.